The van der Waals surface area contributed by atoms with E-state index in [4.69, 9.17) is 0 Å². The Bertz CT molecular complexity index is 15.5. The summed E-state index contributed by atoms with van der Waals surface area (Å²) in [6.45, 7) is 0. The van der Waals surface area contributed by atoms with Crippen LogP contribution in [0.2, 0.25) is 0 Å². The monoisotopic (exact) mass is 205 g/mol. The van der Waals surface area contributed by atoms with E-state index in [1.807, 2.05) is 0 Å². The SMILES string of the molecule is C[NH+](C)C.O.[I-]. The molecule has 0 unspecified atom stereocenters. The summed E-state index contributed by atoms with van der Waals surface area (Å²) in [5.74, 6) is 0. The molecule has 0 aliphatic carbocycles. The normalized spacial score (nSPS) is 6.00. The maximum absolute atomic E-state index is 2.08. The Balaban J connectivity index is -0.0000000450. The van der Waals surface area contributed by atoms with Gasteiger partial charge in [0.2, 0.25) is 0 Å². The van der Waals surface area contributed by atoms with Gasteiger partial charge >= 0.3 is 0 Å². The third-order valence-corrected chi connectivity index (χ3v) is 0. The van der Waals surface area contributed by atoms with E-state index in [9.17, 15) is 0 Å². The van der Waals surface area contributed by atoms with Gasteiger partial charge in [-0.25, -0.2) is 0 Å². The van der Waals surface area contributed by atoms with E-state index in [-0.39, 0.29) is 29.5 Å². The molecule has 0 aromatic carbocycles. The first-order chi connectivity index (χ1) is 1.73. The summed E-state index contributed by atoms with van der Waals surface area (Å²) in [7, 11) is 6.25. The molecule has 0 amide bonds. The van der Waals surface area contributed by atoms with Gasteiger partial charge in [0, 0.05) is 0 Å². The fourth-order valence-corrected chi connectivity index (χ4v) is 0. The molecule has 0 aromatic heterocycles. The molecule has 3 heteroatoms. The quantitative estimate of drug-likeness (QED) is 0.384. The van der Waals surface area contributed by atoms with Gasteiger partial charge in [-0.15, -0.1) is 0 Å². The van der Waals surface area contributed by atoms with Gasteiger partial charge in [0.1, 0.15) is 0 Å². The van der Waals surface area contributed by atoms with Gasteiger partial charge < -0.3 is 34.4 Å². The molecule has 0 aliphatic rings. The number of quaternary nitrogens is 1. The third-order valence-electron chi connectivity index (χ3n) is 0. The molecule has 0 saturated heterocycles. The highest BCUT2D eigenvalue weighted by atomic mass is 127. The van der Waals surface area contributed by atoms with Crippen LogP contribution in [0.5, 0.6) is 0 Å². The van der Waals surface area contributed by atoms with Crippen LogP contribution < -0.4 is 28.9 Å². The van der Waals surface area contributed by atoms with Gasteiger partial charge in [-0.05, 0) is 0 Å². The number of halogens is 1. The first kappa shape index (κ1) is 15.9. The van der Waals surface area contributed by atoms with Crippen LogP contribution in [-0.4, -0.2) is 26.6 Å². The van der Waals surface area contributed by atoms with Crippen molar-refractivity contribution in [3.8, 4) is 0 Å². The van der Waals surface area contributed by atoms with E-state index in [0.717, 1.165) is 0 Å². The molecule has 0 heterocycles. The van der Waals surface area contributed by atoms with Gasteiger partial charge in [-0.3, -0.25) is 0 Å². The zero-order chi connectivity index (χ0) is 3.58. The summed E-state index contributed by atoms with van der Waals surface area (Å²) < 4.78 is 0. The minimum atomic E-state index is 0. The molecular weight excluding hydrogens is 193 g/mol. The standard InChI is InChI=1S/C3H9N.HI.H2O/c1-4(2)3;;/h1-3H3;1H;1H2. The number of hydrogen-bond acceptors (Lipinski definition) is 0. The van der Waals surface area contributed by atoms with Gasteiger partial charge in [0.05, 0.1) is 21.1 Å². The molecule has 3 N–H and O–H groups in total. The molecule has 0 aliphatic heterocycles. The van der Waals surface area contributed by atoms with E-state index in [2.05, 4.69) is 21.1 Å². The molecule has 0 radical (unpaired) electrons. The first-order valence-corrected chi connectivity index (χ1v) is 1.50. The van der Waals surface area contributed by atoms with Crippen molar-refractivity contribution in [1.29, 1.82) is 0 Å². The average molecular weight is 205 g/mol. The molecule has 0 rings (SSSR count). The third kappa shape index (κ3) is 147. The fourth-order valence-electron chi connectivity index (χ4n) is 0. The van der Waals surface area contributed by atoms with Gasteiger partial charge in [-0.2, -0.15) is 0 Å². The summed E-state index contributed by atoms with van der Waals surface area (Å²) in [4.78, 5) is 1.42. The topological polar surface area (TPSA) is 35.9 Å². The second kappa shape index (κ2) is 9.17. The van der Waals surface area contributed by atoms with Crippen LogP contribution in [0.4, 0.5) is 0 Å². The average Bonchev–Trinajstić information content (AvgIpc) is 0.811. The Hall–Kier alpha value is 0.650. The van der Waals surface area contributed by atoms with E-state index < -0.39 is 0 Å². The minimum Gasteiger partial charge on any atom is -1.00 e. The van der Waals surface area contributed by atoms with Crippen LogP contribution in [0.3, 0.4) is 0 Å². The van der Waals surface area contributed by atoms with Crippen LogP contribution in [0, 0.1) is 0 Å². The number of hydrogen-bond donors (Lipinski definition) is 1. The van der Waals surface area contributed by atoms with Gasteiger partial charge in [0.25, 0.3) is 0 Å². The van der Waals surface area contributed by atoms with Crippen molar-refractivity contribution >= 4 is 0 Å². The van der Waals surface area contributed by atoms with Crippen molar-refractivity contribution < 1.29 is 34.4 Å². The predicted octanol–water partition coefficient (Wildman–Crippen LogP) is -5.06. The van der Waals surface area contributed by atoms with Gasteiger partial charge in [-0.1, -0.05) is 0 Å². The largest absolute Gasteiger partial charge is 1.00 e. The van der Waals surface area contributed by atoms with Crippen molar-refractivity contribution in [1.82, 2.24) is 0 Å². The lowest BCUT2D eigenvalue weighted by Gasteiger charge is -1.88. The summed E-state index contributed by atoms with van der Waals surface area (Å²) in [5.41, 5.74) is 0. The van der Waals surface area contributed by atoms with Crippen molar-refractivity contribution in [3.63, 3.8) is 0 Å². The highest BCUT2D eigenvalue weighted by molar-refractivity contribution is 3.59. The Labute approximate surface area is 55.9 Å². The van der Waals surface area contributed by atoms with Crippen LogP contribution in [0.15, 0.2) is 0 Å². The molecule has 2 nitrogen and oxygen atoms in total. The Morgan fingerprint density at radius 3 is 1.00 bits per heavy atom. The molecule has 0 atom stereocenters. The Morgan fingerprint density at radius 1 is 1.00 bits per heavy atom. The summed E-state index contributed by atoms with van der Waals surface area (Å²) in [5, 5.41) is 0. The molecule has 0 saturated carbocycles. The van der Waals surface area contributed by atoms with E-state index in [0.29, 0.717) is 0 Å². The smallest absolute Gasteiger partial charge is 0.0661 e. The molecule has 0 fully saturated rings. The lowest BCUT2D eigenvalue weighted by atomic mass is 11.0. The maximum atomic E-state index is 2.08. The number of rotatable bonds is 0. The van der Waals surface area contributed by atoms with Crippen molar-refractivity contribution in [2.75, 3.05) is 21.1 Å². The number of nitrogens with one attached hydrogen (secondary N) is 1. The van der Waals surface area contributed by atoms with Crippen LogP contribution in [-0.2, 0) is 0 Å². The van der Waals surface area contributed by atoms with Crippen LogP contribution in [0.25, 0.3) is 0 Å². The van der Waals surface area contributed by atoms with Crippen molar-refractivity contribution in [2.24, 2.45) is 0 Å². The van der Waals surface area contributed by atoms with Crippen LogP contribution >= 0.6 is 0 Å². The molecule has 6 heavy (non-hydrogen) atoms. The van der Waals surface area contributed by atoms with Crippen molar-refractivity contribution in [3.05, 3.63) is 0 Å². The van der Waals surface area contributed by atoms with E-state index in [1.54, 1.807) is 0 Å². The molecular formula is C3H12INO. The summed E-state index contributed by atoms with van der Waals surface area (Å²) in [6, 6.07) is 0. The Morgan fingerprint density at radius 2 is 1.00 bits per heavy atom. The molecule has 0 spiro atoms. The zero-order valence-electron chi connectivity index (χ0n) is 4.38. The predicted molar refractivity (Wildman–Crippen MR) is 22.3 cm³/mol. The van der Waals surface area contributed by atoms with E-state index >= 15 is 0 Å². The molecule has 42 valence electrons. The zero-order valence-corrected chi connectivity index (χ0v) is 6.54. The lowest BCUT2D eigenvalue weighted by Crippen LogP contribution is -3.02. The minimum absolute atomic E-state index is 0. The van der Waals surface area contributed by atoms with Crippen molar-refractivity contribution in [2.45, 2.75) is 0 Å². The first-order valence-electron chi connectivity index (χ1n) is 1.50. The summed E-state index contributed by atoms with van der Waals surface area (Å²) >= 11 is 0. The highest BCUT2D eigenvalue weighted by Gasteiger charge is 1.61. The highest BCUT2D eigenvalue weighted by Crippen LogP contribution is 0.864. The fraction of sp³-hybridized carbons (Fsp3) is 1.00. The lowest BCUT2D eigenvalue weighted by molar-refractivity contribution is -0.836. The van der Waals surface area contributed by atoms with E-state index in [1.165, 1.54) is 4.90 Å². The molecule has 0 aromatic rings. The van der Waals surface area contributed by atoms with Crippen LogP contribution in [0.1, 0.15) is 0 Å². The second-order valence-electron chi connectivity index (χ2n) is 1.50. The Kier molecular flexibility index (Phi) is 24.4. The maximum Gasteiger partial charge on any atom is 0.0661 e. The second-order valence-corrected chi connectivity index (χ2v) is 1.50. The molecule has 0 bridgehead atoms. The summed E-state index contributed by atoms with van der Waals surface area (Å²) in [6.07, 6.45) is 0. The van der Waals surface area contributed by atoms with Gasteiger partial charge in [0.15, 0.2) is 0 Å².